The van der Waals surface area contributed by atoms with E-state index in [4.69, 9.17) is 0 Å². The number of benzene rings is 1. The molecule has 4 nitrogen and oxygen atoms in total. The Hall–Kier alpha value is -2.69. The Morgan fingerprint density at radius 1 is 1.20 bits per heavy atom. The van der Waals surface area contributed by atoms with Gasteiger partial charge in [0.2, 0.25) is 0 Å². The predicted octanol–water partition coefficient (Wildman–Crippen LogP) is 2.93. The summed E-state index contributed by atoms with van der Waals surface area (Å²) in [4.78, 5) is 15.6. The molecule has 0 aliphatic rings. The molecule has 0 aliphatic carbocycles. The van der Waals surface area contributed by atoms with Crippen LogP contribution < -0.4 is 0 Å². The largest absolute Gasteiger partial charge is 0.464 e. The molecule has 0 saturated heterocycles. The van der Waals surface area contributed by atoms with Crippen LogP contribution in [0.3, 0.4) is 0 Å². The molecule has 0 bridgehead atoms. The van der Waals surface area contributed by atoms with Crippen molar-refractivity contribution in [3.8, 4) is 11.1 Å². The summed E-state index contributed by atoms with van der Waals surface area (Å²) < 4.78 is 20.1. The molecule has 0 N–H and O–H groups in total. The van der Waals surface area contributed by atoms with Gasteiger partial charge in [0.15, 0.2) is 5.69 Å². The summed E-state index contributed by atoms with van der Waals surface area (Å²) in [5.74, 6) is -0.790. The van der Waals surface area contributed by atoms with Gasteiger partial charge in [0.1, 0.15) is 11.5 Å². The van der Waals surface area contributed by atoms with Crippen LogP contribution in [0.4, 0.5) is 4.39 Å². The van der Waals surface area contributed by atoms with Gasteiger partial charge in [-0.05, 0) is 18.2 Å². The monoisotopic (exact) mass is 270 g/mol. The first-order chi connectivity index (χ1) is 9.69. The van der Waals surface area contributed by atoms with Gasteiger partial charge in [-0.2, -0.15) is 0 Å². The van der Waals surface area contributed by atoms with Crippen LogP contribution in [0.5, 0.6) is 0 Å². The minimum absolute atomic E-state index is 0.221. The third kappa shape index (κ3) is 2.03. The van der Waals surface area contributed by atoms with E-state index in [9.17, 15) is 9.18 Å². The molecule has 0 spiro atoms. The highest BCUT2D eigenvalue weighted by atomic mass is 19.1. The van der Waals surface area contributed by atoms with Gasteiger partial charge in [0.25, 0.3) is 0 Å². The number of ether oxygens (including phenoxy) is 1. The fourth-order valence-corrected chi connectivity index (χ4v) is 2.05. The third-order valence-corrected chi connectivity index (χ3v) is 3.03. The van der Waals surface area contributed by atoms with Crippen molar-refractivity contribution in [3.05, 3.63) is 60.3 Å². The van der Waals surface area contributed by atoms with Gasteiger partial charge in [-0.25, -0.2) is 14.2 Å². The summed E-state index contributed by atoms with van der Waals surface area (Å²) in [5.41, 5.74) is 2.04. The second kappa shape index (κ2) is 4.77. The number of carbonyl (C=O) groups excluding carboxylic acids is 1. The molecule has 1 aromatic carbocycles. The number of halogens is 1. The zero-order chi connectivity index (χ0) is 14.1. The number of methoxy groups -OCH3 is 1. The molecular weight excluding hydrogens is 259 g/mol. The molecule has 0 unspecified atom stereocenters. The van der Waals surface area contributed by atoms with Crippen LogP contribution in [0.2, 0.25) is 0 Å². The molecule has 20 heavy (non-hydrogen) atoms. The van der Waals surface area contributed by atoms with E-state index in [1.54, 1.807) is 47.1 Å². The van der Waals surface area contributed by atoms with E-state index in [-0.39, 0.29) is 11.5 Å². The van der Waals surface area contributed by atoms with Crippen molar-refractivity contribution in [1.82, 2.24) is 9.38 Å². The number of nitrogens with zero attached hydrogens (tertiary/aromatic N) is 2. The lowest BCUT2D eigenvalue weighted by atomic mass is 10.1. The van der Waals surface area contributed by atoms with Crippen molar-refractivity contribution >= 4 is 11.6 Å². The molecule has 100 valence electrons. The molecule has 0 fully saturated rings. The zero-order valence-electron chi connectivity index (χ0n) is 10.7. The van der Waals surface area contributed by atoms with Crippen LogP contribution in [-0.4, -0.2) is 22.5 Å². The Labute approximate surface area is 114 Å². The minimum Gasteiger partial charge on any atom is -0.464 e. The van der Waals surface area contributed by atoms with Crippen molar-refractivity contribution in [2.45, 2.75) is 0 Å². The highest BCUT2D eigenvalue weighted by molar-refractivity contribution is 5.88. The number of carbonyl (C=O) groups is 1. The number of esters is 1. The SMILES string of the molecule is COC(=O)c1cn2cc(-c3ccccc3F)ccc2n1. The van der Waals surface area contributed by atoms with E-state index in [0.717, 1.165) is 0 Å². The molecule has 5 heteroatoms. The quantitative estimate of drug-likeness (QED) is 0.672. The number of fused-ring (bicyclic) bond motifs is 1. The lowest BCUT2D eigenvalue weighted by Crippen LogP contribution is -2.00. The van der Waals surface area contributed by atoms with Crippen LogP contribution in [0.25, 0.3) is 16.8 Å². The second-order valence-corrected chi connectivity index (χ2v) is 4.28. The maximum atomic E-state index is 13.8. The first-order valence-corrected chi connectivity index (χ1v) is 6.01. The molecule has 0 atom stereocenters. The summed E-state index contributed by atoms with van der Waals surface area (Å²) in [6.07, 6.45) is 3.29. The lowest BCUT2D eigenvalue weighted by molar-refractivity contribution is 0.0595. The van der Waals surface area contributed by atoms with E-state index in [0.29, 0.717) is 16.8 Å². The highest BCUT2D eigenvalue weighted by Crippen LogP contribution is 2.23. The van der Waals surface area contributed by atoms with Crippen molar-refractivity contribution in [2.75, 3.05) is 7.11 Å². The molecule has 0 saturated carbocycles. The maximum absolute atomic E-state index is 13.8. The van der Waals surface area contributed by atoms with Gasteiger partial charge < -0.3 is 9.14 Å². The van der Waals surface area contributed by atoms with Gasteiger partial charge in [0, 0.05) is 23.5 Å². The Balaban J connectivity index is 2.11. The molecule has 3 rings (SSSR count). The molecule has 0 aliphatic heterocycles. The van der Waals surface area contributed by atoms with E-state index >= 15 is 0 Å². The Morgan fingerprint density at radius 3 is 2.75 bits per heavy atom. The van der Waals surface area contributed by atoms with Crippen molar-refractivity contribution in [3.63, 3.8) is 0 Å². The third-order valence-electron chi connectivity index (χ3n) is 3.03. The first-order valence-electron chi connectivity index (χ1n) is 6.01. The van der Waals surface area contributed by atoms with Crippen molar-refractivity contribution < 1.29 is 13.9 Å². The van der Waals surface area contributed by atoms with Gasteiger partial charge in [-0.1, -0.05) is 18.2 Å². The van der Waals surface area contributed by atoms with Crippen LogP contribution >= 0.6 is 0 Å². The van der Waals surface area contributed by atoms with Crippen LogP contribution in [-0.2, 0) is 4.74 Å². The predicted molar refractivity (Wildman–Crippen MR) is 71.9 cm³/mol. The number of rotatable bonds is 2. The molecule has 0 radical (unpaired) electrons. The fourth-order valence-electron chi connectivity index (χ4n) is 2.05. The van der Waals surface area contributed by atoms with Crippen LogP contribution in [0, 0.1) is 5.82 Å². The minimum atomic E-state index is -0.499. The van der Waals surface area contributed by atoms with Gasteiger partial charge in [0.05, 0.1) is 7.11 Å². The van der Waals surface area contributed by atoms with Crippen LogP contribution in [0.1, 0.15) is 10.5 Å². The van der Waals surface area contributed by atoms with Crippen LogP contribution in [0.15, 0.2) is 48.8 Å². The fraction of sp³-hybridized carbons (Fsp3) is 0.0667. The lowest BCUT2D eigenvalue weighted by Gasteiger charge is -2.03. The van der Waals surface area contributed by atoms with Crippen molar-refractivity contribution in [2.24, 2.45) is 0 Å². The van der Waals surface area contributed by atoms with E-state index < -0.39 is 5.97 Å². The number of hydrogen-bond acceptors (Lipinski definition) is 3. The number of imidazole rings is 1. The molecule has 2 heterocycles. The van der Waals surface area contributed by atoms with Crippen molar-refractivity contribution in [1.29, 1.82) is 0 Å². The maximum Gasteiger partial charge on any atom is 0.358 e. The summed E-state index contributed by atoms with van der Waals surface area (Å²) in [6.45, 7) is 0. The highest BCUT2D eigenvalue weighted by Gasteiger charge is 2.11. The number of hydrogen-bond donors (Lipinski definition) is 0. The number of pyridine rings is 1. The van der Waals surface area contributed by atoms with Gasteiger partial charge >= 0.3 is 5.97 Å². The topological polar surface area (TPSA) is 43.6 Å². The standard InChI is InChI=1S/C15H11FN2O2/c1-20-15(19)13-9-18-8-10(6-7-14(18)17-13)11-4-2-3-5-12(11)16/h2-9H,1H3. The zero-order valence-corrected chi connectivity index (χ0v) is 10.7. The van der Waals surface area contributed by atoms with E-state index in [1.807, 2.05) is 0 Å². The normalized spacial score (nSPS) is 10.7. The Kier molecular flexibility index (Phi) is 2.95. The molecular formula is C15H11FN2O2. The van der Waals surface area contributed by atoms with Gasteiger partial charge in [-0.15, -0.1) is 0 Å². The smallest absolute Gasteiger partial charge is 0.358 e. The molecule has 2 aromatic heterocycles. The summed E-state index contributed by atoms with van der Waals surface area (Å²) in [5, 5.41) is 0. The second-order valence-electron chi connectivity index (χ2n) is 4.28. The average Bonchev–Trinajstić information content (AvgIpc) is 2.90. The first kappa shape index (κ1) is 12.3. The Bertz CT molecular complexity index is 795. The number of aromatic nitrogens is 2. The van der Waals surface area contributed by atoms with E-state index in [2.05, 4.69) is 9.72 Å². The average molecular weight is 270 g/mol. The molecule has 3 aromatic rings. The summed E-state index contributed by atoms with van der Waals surface area (Å²) >= 11 is 0. The summed E-state index contributed by atoms with van der Waals surface area (Å²) in [6, 6.07) is 10.0. The Morgan fingerprint density at radius 2 is 2.00 bits per heavy atom. The summed E-state index contributed by atoms with van der Waals surface area (Å²) in [7, 11) is 1.30. The van der Waals surface area contributed by atoms with E-state index in [1.165, 1.54) is 13.2 Å². The molecule has 0 amide bonds. The van der Waals surface area contributed by atoms with Gasteiger partial charge in [-0.3, -0.25) is 0 Å².